The number of nitrogens with two attached hydrogens (primary N) is 1. The first-order chi connectivity index (χ1) is 29.5. The number of nitrogens with zero attached hydrogens (tertiary/aromatic N) is 4. The fourth-order valence-corrected chi connectivity index (χ4v) is 9.46. The van der Waals surface area contributed by atoms with Crippen LogP contribution in [0.25, 0.3) is 10.6 Å². The van der Waals surface area contributed by atoms with Crippen molar-refractivity contribution in [3.05, 3.63) is 40.7 Å². The number of likely N-dealkylation sites (N-methyl/N-ethyl adjacent to an activating group) is 1. The van der Waals surface area contributed by atoms with E-state index in [9.17, 15) is 29.7 Å². The van der Waals surface area contributed by atoms with Crippen LogP contribution in [0.2, 0.25) is 0 Å². The molecule has 0 unspecified atom stereocenters. The number of allylic oxidation sites excluding steroid dienone is 1. The Balaban J connectivity index is 1.67. The second-order valence-electron chi connectivity index (χ2n) is 17.8. The second kappa shape index (κ2) is 20.5. The maximum absolute atomic E-state index is 14.6. The average molecular weight is 903 g/mol. The first-order valence-electron chi connectivity index (χ1n) is 21.5. The summed E-state index contributed by atoms with van der Waals surface area (Å²) in [5.74, 6) is -4.05. The van der Waals surface area contributed by atoms with E-state index in [1.54, 1.807) is 45.3 Å². The quantitative estimate of drug-likeness (QED) is 0.130. The Hall–Kier alpha value is -3.92. The number of aliphatic hydroxyl groups excluding tert-OH is 1. The number of aromatic nitrogens is 2. The van der Waals surface area contributed by atoms with Gasteiger partial charge in [-0.05, 0) is 91.6 Å². The molecule has 1 amide bonds. The van der Waals surface area contributed by atoms with Gasteiger partial charge in [-0.1, -0.05) is 32.9 Å². The van der Waals surface area contributed by atoms with Gasteiger partial charge in [-0.3, -0.25) is 14.6 Å². The lowest BCUT2D eigenvalue weighted by atomic mass is 9.75. The molecular weight excluding hydrogens is 837 g/mol. The van der Waals surface area contributed by atoms with Crippen LogP contribution in [0.15, 0.2) is 40.1 Å². The Bertz CT molecular complexity index is 1990. The number of anilines is 1. The number of pyridine rings is 1. The summed E-state index contributed by atoms with van der Waals surface area (Å²) in [5.41, 5.74) is 1.91. The molecule has 3 aliphatic heterocycles. The highest BCUT2D eigenvalue weighted by molar-refractivity contribution is 7.13. The van der Waals surface area contributed by atoms with Gasteiger partial charge in [0.1, 0.15) is 40.5 Å². The van der Waals surface area contributed by atoms with Crippen molar-refractivity contribution < 1.29 is 58.2 Å². The molecule has 19 heteroatoms. The van der Waals surface area contributed by atoms with Crippen molar-refractivity contribution in [1.29, 1.82) is 0 Å². The Morgan fingerprint density at radius 2 is 1.84 bits per heavy atom. The molecule has 0 spiro atoms. The molecule has 1 saturated heterocycles. The summed E-state index contributed by atoms with van der Waals surface area (Å²) < 4.78 is 32.2. The van der Waals surface area contributed by atoms with Crippen LogP contribution in [0.3, 0.4) is 0 Å². The monoisotopic (exact) mass is 902 g/mol. The topological polar surface area (TPSA) is 247 Å². The van der Waals surface area contributed by atoms with Crippen molar-refractivity contribution in [2.75, 3.05) is 33.0 Å². The molecule has 5 rings (SSSR count). The minimum absolute atomic E-state index is 0.0404. The lowest BCUT2D eigenvalue weighted by Crippen LogP contribution is -2.61. The van der Waals surface area contributed by atoms with Crippen LogP contribution >= 0.6 is 11.3 Å². The minimum atomic E-state index is -2.73. The van der Waals surface area contributed by atoms with Crippen molar-refractivity contribution in [3.63, 3.8) is 0 Å². The summed E-state index contributed by atoms with van der Waals surface area (Å²) in [6.07, 6.45) is -4.38. The Morgan fingerprint density at radius 3 is 2.44 bits per heavy atom. The zero-order valence-electron chi connectivity index (χ0n) is 38.2. The molecule has 0 radical (unpaired) electrons. The molecule has 6 N–H and O–H groups in total. The largest absolute Gasteiger partial charge is 0.457 e. The molecule has 2 aromatic heterocycles. The molecule has 0 saturated carbocycles. The number of nitrogen functional groups attached to an aromatic ring is 1. The molecule has 1 fully saturated rings. The van der Waals surface area contributed by atoms with Crippen LogP contribution in [0.5, 0.6) is 0 Å². The van der Waals surface area contributed by atoms with Crippen molar-refractivity contribution in [3.8, 4) is 10.6 Å². The average Bonchev–Trinajstić information content (AvgIpc) is 3.67. The van der Waals surface area contributed by atoms with Crippen LogP contribution in [0.1, 0.15) is 93.7 Å². The zero-order valence-corrected chi connectivity index (χ0v) is 39.1. The van der Waals surface area contributed by atoms with E-state index in [2.05, 4.69) is 20.4 Å². The SMILES string of the molecule is CCC(=O)N/C1=C(\C)[C@H]2OCC(=NOCc3ccc(-c4nc(N)cs4)cn3)CO[C@](C)(C[C@H]1C)[C@H](O[C@@H]1O[C@H](C)C[C@H](N(C)C)[C@H]1O)[C@@H](C)C(=O)[C@](C)(O)C(=O)O[C@H](CC)[C@@]2(C)O. The summed E-state index contributed by atoms with van der Waals surface area (Å²) >= 11 is 1.40. The Morgan fingerprint density at radius 1 is 1.13 bits per heavy atom. The zero-order chi connectivity index (χ0) is 46.6. The van der Waals surface area contributed by atoms with E-state index < -0.39 is 71.1 Å². The highest BCUT2D eigenvalue weighted by Gasteiger charge is 2.55. The minimum Gasteiger partial charge on any atom is -0.457 e. The number of hydrogen-bond donors (Lipinski definition) is 5. The van der Waals surface area contributed by atoms with Gasteiger partial charge in [-0.15, -0.1) is 11.3 Å². The summed E-state index contributed by atoms with van der Waals surface area (Å²) in [4.78, 5) is 58.4. The maximum atomic E-state index is 14.6. The second-order valence-corrected chi connectivity index (χ2v) is 18.7. The smallest absolute Gasteiger partial charge is 0.346 e. The third kappa shape index (κ3) is 11.3. The van der Waals surface area contributed by atoms with Crippen molar-refractivity contribution in [1.82, 2.24) is 20.2 Å². The lowest BCUT2D eigenvalue weighted by molar-refractivity contribution is -0.296. The fourth-order valence-electron chi connectivity index (χ4n) is 8.76. The van der Waals surface area contributed by atoms with Gasteiger partial charge < -0.3 is 59.8 Å². The number of cyclic esters (lactones) is 1. The van der Waals surface area contributed by atoms with Gasteiger partial charge in [0, 0.05) is 41.2 Å². The van der Waals surface area contributed by atoms with Gasteiger partial charge in [0.25, 0.3) is 0 Å². The Labute approximate surface area is 373 Å². The van der Waals surface area contributed by atoms with Crippen LogP contribution < -0.4 is 11.1 Å². The van der Waals surface area contributed by atoms with Gasteiger partial charge in [0.05, 0.1) is 36.7 Å². The molecule has 3 aliphatic rings. The number of amides is 1. The molecule has 2 aromatic rings. The number of rotatable bonds is 10. The highest BCUT2D eigenvalue weighted by atomic mass is 32.1. The number of esters is 1. The third-order valence-corrected chi connectivity index (χ3v) is 13.2. The van der Waals surface area contributed by atoms with E-state index in [0.717, 1.165) is 17.5 Å². The first-order valence-corrected chi connectivity index (χ1v) is 22.4. The number of oxime groups is 1. The standard InChI is InChI=1S/C44H66N6O12S/c1-12-31-43(8,55)38-25(5)34(48-33(51)13-2)23(3)17-42(7,58-20-29(19-57-38)49-59-21-28-15-14-27(18-46-28)39-47-32(45)22-63-39)37(26(6)36(53)44(9,56)41(54)61-31)62-40-35(52)30(50(10)11)16-24(4)60-40/h14-15,18,22-24,26,30-31,35,37-38,40,52,55-56H,12-13,16-17,19-21,45H2,1-11H3,(H,48,51)/b34-25+,49-29?/t23-,24-,26+,30+,31-,35-,37-,38-,40+,42-,43-,44+/m1/s1. The number of carbonyl (C=O) groups is 3. The number of aliphatic hydroxyl groups is 3. The number of ketones is 1. The number of thiazole rings is 1. The number of fused-ring (bicyclic) bond motifs is 4. The summed E-state index contributed by atoms with van der Waals surface area (Å²) in [5, 5.41) is 45.9. The van der Waals surface area contributed by atoms with Crippen molar-refractivity contribution in [2.45, 2.75) is 154 Å². The Kier molecular flexibility index (Phi) is 16.3. The van der Waals surface area contributed by atoms with E-state index in [1.807, 2.05) is 38.9 Å². The van der Waals surface area contributed by atoms with Crippen molar-refractivity contribution in [2.24, 2.45) is 17.0 Å². The van der Waals surface area contributed by atoms with E-state index in [-0.39, 0.29) is 62.8 Å². The molecule has 0 aliphatic carbocycles. The number of hydrogen-bond acceptors (Lipinski definition) is 18. The molecule has 18 nitrogen and oxygen atoms in total. The van der Waals surface area contributed by atoms with E-state index in [4.69, 9.17) is 34.3 Å². The van der Waals surface area contributed by atoms with Gasteiger partial charge in [0.15, 0.2) is 18.7 Å². The summed E-state index contributed by atoms with van der Waals surface area (Å²) in [7, 11) is 3.67. The van der Waals surface area contributed by atoms with Crippen LogP contribution in [0.4, 0.5) is 5.82 Å². The predicted octanol–water partition coefficient (Wildman–Crippen LogP) is 3.51. The molecule has 5 heterocycles. The number of Topliss-reactive ketones (excluding diaryl/α,β-unsaturated/α-hetero) is 1. The van der Waals surface area contributed by atoms with E-state index >= 15 is 0 Å². The van der Waals surface area contributed by atoms with E-state index in [0.29, 0.717) is 29.2 Å². The van der Waals surface area contributed by atoms with Crippen LogP contribution in [0, 0.1) is 11.8 Å². The third-order valence-electron chi connectivity index (χ3n) is 12.3. The molecule has 350 valence electrons. The number of carbonyl (C=O) groups excluding carboxylic acids is 3. The van der Waals surface area contributed by atoms with Crippen LogP contribution in [-0.2, 0) is 49.5 Å². The summed E-state index contributed by atoms with van der Waals surface area (Å²) in [6, 6.07) is 3.23. The molecular formula is C44H66N6O12S. The normalized spacial score (nSPS) is 36.9. The molecule has 2 bridgehead atoms. The van der Waals surface area contributed by atoms with E-state index in [1.165, 1.54) is 25.2 Å². The highest BCUT2D eigenvalue weighted by Crippen LogP contribution is 2.41. The molecule has 12 atom stereocenters. The lowest BCUT2D eigenvalue weighted by Gasteiger charge is -2.47. The van der Waals surface area contributed by atoms with Gasteiger partial charge in [-0.2, -0.15) is 0 Å². The van der Waals surface area contributed by atoms with Gasteiger partial charge in [0.2, 0.25) is 11.5 Å². The molecule has 0 aromatic carbocycles. The van der Waals surface area contributed by atoms with Gasteiger partial charge >= 0.3 is 5.97 Å². The predicted molar refractivity (Wildman–Crippen MR) is 234 cm³/mol. The first kappa shape index (κ1) is 50.1. The molecule has 63 heavy (non-hydrogen) atoms. The number of nitrogens with one attached hydrogen (secondary N) is 1. The fraction of sp³-hybridized carbons (Fsp3) is 0.682. The van der Waals surface area contributed by atoms with Gasteiger partial charge in [-0.25, -0.2) is 9.78 Å². The van der Waals surface area contributed by atoms with Crippen molar-refractivity contribution >= 4 is 40.5 Å². The van der Waals surface area contributed by atoms with Crippen LogP contribution in [-0.4, -0.2) is 141 Å². The summed E-state index contributed by atoms with van der Waals surface area (Å²) in [6.45, 7) is 13.9. The number of ether oxygens (including phenoxy) is 5. The maximum Gasteiger partial charge on any atom is 0.346 e.